The van der Waals surface area contributed by atoms with Gasteiger partial charge in [-0.25, -0.2) is 4.52 Å². The Hall–Kier alpha value is -2.52. The monoisotopic (exact) mass is 442 g/mol. The largest absolute Gasteiger partial charge is 0.325 e. The fourth-order valence-corrected chi connectivity index (χ4v) is 4.44. The number of aromatic nitrogens is 5. The molecular weight excluding hydrogens is 428 g/mol. The fraction of sp³-hybridized carbons (Fsp3) is 0.222. The molecule has 0 aromatic carbocycles. The Morgan fingerprint density at radius 3 is 2.96 bits per heavy atom. The van der Waals surface area contributed by atoms with Crippen molar-refractivity contribution in [3.63, 3.8) is 0 Å². The van der Waals surface area contributed by atoms with Crippen molar-refractivity contribution in [2.75, 3.05) is 6.54 Å². The third-order valence-corrected chi connectivity index (χ3v) is 6.02. The highest BCUT2D eigenvalue weighted by Gasteiger charge is 2.33. The van der Waals surface area contributed by atoms with Crippen molar-refractivity contribution in [3.05, 3.63) is 57.2 Å². The molecule has 5 rings (SSSR count). The van der Waals surface area contributed by atoms with Gasteiger partial charge < -0.3 is 9.47 Å². The average Bonchev–Trinajstić information content (AvgIpc) is 3.39. The van der Waals surface area contributed by atoms with Crippen molar-refractivity contribution in [2.45, 2.75) is 19.5 Å². The normalized spacial score (nSPS) is 16.7. The number of rotatable bonds is 2. The van der Waals surface area contributed by atoms with Gasteiger partial charge in [0.25, 0.3) is 5.91 Å². The molecule has 1 amide bonds. The van der Waals surface area contributed by atoms with Gasteiger partial charge in [-0.05, 0) is 52.5 Å². The number of thiophene rings is 1. The predicted octanol–water partition coefficient (Wildman–Crippen LogP) is 3.63. The lowest BCUT2D eigenvalue weighted by molar-refractivity contribution is 0.0632. The molecular formula is C18H15BrN6OS. The van der Waals surface area contributed by atoms with Crippen LogP contribution in [0.5, 0.6) is 0 Å². The van der Waals surface area contributed by atoms with Crippen molar-refractivity contribution in [2.24, 2.45) is 0 Å². The van der Waals surface area contributed by atoms with Crippen LogP contribution >= 0.6 is 27.3 Å². The van der Waals surface area contributed by atoms with Crippen molar-refractivity contribution >= 4 is 38.7 Å². The Morgan fingerprint density at radius 2 is 2.15 bits per heavy atom. The maximum Gasteiger partial charge on any atom is 0.275 e. The van der Waals surface area contributed by atoms with Crippen LogP contribution in [-0.2, 0) is 6.54 Å². The van der Waals surface area contributed by atoms with Crippen LogP contribution in [0.1, 0.15) is 29.3 Å². The average molecular weight is 443 g/mol. The third kappa shape index (κ3) is 2.69. The molecule has 5 heterocycles. The Morgan fingerprint density at radius 1 is 1.26 bits per heavy atom. The minimum Gasteiger partial charge on any atom is -0.325 e. The van der Waals surface area contributed by atoms with Gasteiger partial charge in [0.05, 0.1) is 11.6 Å². The summed E-state index contributed by atoms with van der Waals surface area (Å²) >= 11 is 5.06. The second-order valence-electron chi connectivity index (χ2n) is 6.47. The van der Waals surface area contributed by atoms with Crippen molar-refractivity contribution in [3.8, 4) is 11.4 Å². The summed E-state index contributed by atoms with van der Waals surface area (Å²) in [7, 11) is 0. The predicted molar refractivity (Wildman–Crippen MR) is 106 cm³/mol. The van der Waals surface area contributed by atoms with E-state index in [1.165, 1.54) is 0 Å². The number of fused-ring (bicyclic) bond motifs is 2. The number of carbonyl (C=O) groups excluding carboxylic acids is 1. The smallest absolute Gasteiger partial charge is 0.275 e. The van der Waals surface area contributed by atoms with Gasteiger partial charge in [-0.15, -0.1) is 10.2 Å². The summed E-state index contributed by atoms with van der Waals surface area (Å²) in [6.07, 6.45) is 1.84. The van der Waals surface area contributed by atoms with Crippen molar-refractivity contribution in [1.29, 1.82) is 0 Å². The minimum atomic E-state index is -0.164. The number of amides is 1. The van der Waals surface area contributed by atoms with Crippen LogP contribution in [0.15, 0.2) is 45.7 Å². The van der Waals surface area contributed by atoms with Crippen LogP contribution in [0.2, 0.25) is 0 Å². The first-order valence-electron chi connectivity index (χ1n) is 8.53. The highest BCUT2D eigenvalue weighted by Crippen LogP contribution is 2.30. The number of halogens is 1. The molecule has 1 aliphatic heterocycles. The van der Waals surface area contributed by atoms with Gasteiger partial charge >= 0.3 is 0 Å². The van der Waals surface area contributed by atoms with Crippen LogP contribution in [0.3, 0.4) is 0 Å². The Balaban J connectivity index is 1.47. The lowest BCUT2D eigenvalue weighted by atomic mass is 10.1. The van der Waals surface area contributed by atoms with E-state index < -0.39 is 0 Å². The molecule has 0 aliphatic carbocycles. The zero-order valence-corrected chi connectivity index (χ0v) is 16.8. The summed E-state index contributed by atoms with van der Waals surface area (Å²) in [5.41, 5.74) is 2.39. The lowest BCUT2D eigenvalue weighted by Gasteiger charge is -2.33. The number of pyridine rings is 1. The van der Waals surface area contributed by atoms with Gasteiger partial charge in [0, 0.05) is 34.7 Å². The molecule has 0 radical (unpaired) electrons. The van der Waals surface area contributed by atoms with Gasteiger partial charge in [-0.3, -0.25) is 4.79 Å². The van der Waals surface area contributed by atoms with Gasteiger partial charge in [-0.1, -0.05) is 0 Å². The van der Waals surface area contributed by atoms with Crippen LogP contribution in [0, 0.1) is 0 Å². The molecule has 1 aliphatic rings. The van der Waals surface area contributed by atoms with E-state index in [9.17, 15) is 4.79 Å². The molecule has 0 fully saturated rings. The van der Waals surface area contributed by atoms with Crippen molar-refractivity contribution in [1.82, 2.24) is 29.3 Å². The van der Waals surface area contributed by atoms with E-state index in [0.29, 0.717) is 18.8 Å². The zero-order chi connectivity index (χ0) is 18.5. The highest BCUT2D eigenvalue weighted by molar-refractivity contribution is 9.10. The quantitative estimate of drug-likeness (QED) is 0.475. The van der Waals surface area contributed by atoms with E-state index in [0.717, 1.165) is 27.2 Å². The summed E-state index contributed by atoms with van der Waals surface area (Å²) in [5, 5.41) is 17.3. The summed E-state index contributed by atoms with van der Waals surface area (Å²) < 4.78 is 4.73. The van der Waals surface area contributed by atoms with Crippen LogP contribution in [-0.4, -0.2) is 41.7 Å². The SMILES string of the molecule is CC1c2nnc(-c3ccsc3)n2CCN1C(=O)c1cc2ccc(Br)cn2n1. The first kappa shape index (κ1) is 16.6. The lowest BCUT2D eigenvalue weighted by Crippen LogP contribution is -2.41. The molecule has 1 atom stereocenters. The van der Waals surface area contributed by atoms with Crippen LogP contribution < -0.4 is 0 Å². The van der Waals surface area contributed by atoms with Crippen molar-refractivity contribution < 1.29 is 4.79 Å². The van der Waals surface area contributed by atoms with E-state index in [1.54, 1.807) is 15.9 Å². The van der Waals surface area contributed by atoms with Crippen LogP contribution in [0.25, 0.3) is 16.9 Å². The summed E-state index contributed by atoms with van der Waals surface area (Å²) in [6, 6.07) is 7.56. The van der Waals surface area contributed by atoms with E-state index in [2.05, 4.69) is 41.2 Å². The maximum absolute atomic E-state index is 13.1. The molecule has 4 aromatic rings. The fourth-order valence-electron chi connectivity index (χ4n) is 3.48. The second-order valence-corrected chi connectivity index (χ2v) is 8.16. The number of carbonyl (C=O) groups is 1. The molecule has 27 heavy (non-hydrogen) atoms. The highest BCUT2D eigenvalue weighted by atomic mass is 79.9. The standard InChI is InChI=1S/C18H15BrN6OS/c1-11-16-20-21-17(12-4-7-27-10-12)24(16)6-5-23(11)18(26)15-8-14-3-2-13(19)9-25(14)22-15/h2-4,7-11H,5-6H2,1H3. The number of hydrogen-bond acceptors (Lipinski definition) is 5. The maximum atomic E-state index is 13.1. The minimum absolute atomic E-state index is 0.0892. The molecule has 4 aromatic heterocycles. The number of nitrogens with zero attached hydrogens (tertiary/aromatic N) is 6. The molecule has 7 nitrogen and oxygen atoms in total. The van der Waals surface area contributed by atoms with Gasteiger partial charge in [0.2, 0.25) is 0 Å². The molecule has 0 bridgehead atoms. The van der Waals surface area contributed by atoms with Crippen LogP contribution in [0.4, 0.5) is 0 Å². The topological polar surface area (TPSA) is 68.3 Å². The molecule has 0 saturated heterocycles. The van der Waals surface area contributed by atoms with Gasteiger partial charge in [0.15, 0.2) is 17.3 Å². The molecule has 9 heteroatoms. The Labute approximate surface area is 167 Å². The summed E-state index contributed by atoms with van der Waals surface area (Å²) in [6.45, 7) is 3.25. The molecule has 136 valence electrons. The van der Waals surface area contributed by atoms with E-state index in [4.69, 9.17) is 0 Å². The molecule has 1 unspecified atom stereocenters. The second kappa shape index (κ2) is 6.28. The third-order valence-electron chi connectivity index (χ3n) is 4.87. The summed E-state index contributed by atoms with van der Waals surface area (Å²) in [4.78, 5) is 14.9. The van der Waals surface area contributed by atoms with E-state index in [-0.39, 0.29) is 11.9 Å². The van der Waals surface area contributed by atoms with E-state index >= 15 is 0 Å². The van der Waals surface area contributed by atoms with Gasteiger partial charge in [0.1, 0.15) is 0 Å². The Bertz CT molecular complexity index is 1150. The molecule has 0 spiro atoms. The molecule has 0 saturated carbocycles. The Kier molecular flexibility index (Phi) is 3.87. The molecule has 0 N–H and O–H groups in total. The number of hydrogen-bond donors (Lipinski definition) is 0. The zero-order valence-electron chi connectivity index (χ0n) is 14.4. The first-order chi connectivity index (χ1) is 13.1. The van der Waals surface area contributed by atoms with Gasteiger partial charge in [-0.2, -0.15) is 16.4 Å². The first-order valence-corrected chi connectivity index (χ1v) is 10.3. The summed E-state index contributed by atoms with van der Waals surface area (Å²) in [5.74, 6) is 1.58. The van der Waals surface area contributed by atoms with E-state index in [1.807, 2.05) is 47.7 Å².